The molecule has 0 amide bonds. The molecule has 2 heteroatoms. The fourth-order valence-corrected chi connectivity index (χ4v) is 2.74. The van der Waals surface area contributed by atoms with Crippen molar-refractivity contribution >= 4 is 0 Å². The second kappa shape index (κ2) is 9.00. The molecular weight excluding hydrogens is 196 g/mol. The third-order valence-electron chi connectivity index (χ3n) is 3.91. The molecule has 0 atom stereocenters. The predicted molar refractivity (Wildman–Crippen MR) is 71.6 cm³/mol. The topological polar surface area (TPSA) is 29.3 Å². The van der Waals surface area contributed by atoms with Crippen LogP contribution in [0.2, 0.25) is 0 Å². The van der Waals surface area contributed by atoms with Gasteiger partial charge in [0.05, 0.1) is 0 Å². The number of unbranched alkanes of at least 4 members (excludes halogenated alkanes) is 3. The molecule has 0 heterocycles. The molecule has 1 rings (SSSR count). The Bertz CT molecular complexity index is 151. The van der Waals surface area contributed by atoms with Crippen LogP contribution in [0.3, 0.4) is 0 Å². The molecule has 0 aromatic carbocycles. The van der Waals surface area contributed by atoms with Crippen molar-refractivity contribution in [3.8, 4) is 0 Å². The van der Waals surface area contributed by atoms with Crippen LogP contribution in [0.15, 0.2) is 0 Å². The minimum absolute atomic E-state index is 0.860. The van der Waals surface area contributed by atoms with Gasteiger partial charge in [-0.15, -0.1) is 0 Å². The molecule has 0 saturated heterocycles. The Balaban J connectivity index is 2.05. The second-order valence-electron chi connectivity index (χ2n) is 5.33. The largest absolute Gasteiger partial charge is 0.330 e. The van der Waals surface area contributed by atoms with Gasteiger partial charge in [0.2, 0.25) is 0 Å². The van der Waals surface area contributed by atoms with E-state index >= 15 is 0 Å². The van der Waals surface area contributed by atoms with E-state index in [9.17, 15) is 0 Å². The summed E-state index contributed by atoms with van der Waals surface area (Å²) in [5.41, 5.74) is 5.49. The van der Waals surface area contributed by atoms with E-state index in [1.54, 1.807) is 0 Å². The number of hydrogen-bond donors (Lipinski definition) is 1. The van der Waals surface area contributed by atoms with Crippen LogP contribution in [0.4, 0.5) is 0 Å². The van der Waals surface area contributed by atoms with E-state index in [2.05, 4.69) is 11.9 Å². The Hall–Kier alpha value is -0.0800. The smallest absolute Gasteiger partial charge is 0.00922 e. The van der Waals surface area contributed by atoms with Crippen molar-refractivity contribution in [2.75, 3.05) is 20.1 Å². The minimum Gasteiger partial charge on any atom is -0.330 e. The zero-order valence-electron chi connectivity index (χ0n) is 11.1. The maximum absolute atomic E-state index is 5.49. The van der Waals surface area contributed by atoms with Crippen LogP contribution < -0.4 is 5.73 Å². The summed E-state index contributed by atoms with van der Waals surface area (Å²) in [5.74, 6) is 0. The van der Waals surface area contributed by atoms with Crippen LogP contribution in [-0.2, 0) is 0 Å². The summed E-state index contributed by atoms with van der Waals surface area (Å²) >= 11 is 0. The maximum atomic E-state index is 5.49. The highest BCUT2D eigenvalue weighted by Gasteiger charge is 2.15. The average molecular weight is 226 g/mol. The quantitative estimate of drug-likeness (QED) is 0.534. The van der Waals surface area contributed by atoms with Crippen molar-refractivity contribution < 1.29 is 0 Å². The summed E-state index contributed by atoms with van der Waals surface area (Å²) in [5, 5.41) is 0. The van der Waals surface area contributed by atoms with Crippen molar-refractivity contribution in [3.05, 3.63) is 0 Å². The van der Waals surface area contributed by atoms with Gasteiger partial charge in [-0.2, -0.15) is 0 Å². The SMILES string of the molecule is CN(CCCCCCN)C1CCCCCC1. The molecular formula is C14H30N2. The van der Waals surface area contributed by atoms with Crippen LogP contribution in [0.1, 0.15) is 64.2 Å². The van der Waals surface area contributed by atoms with E-state index in [4.69, 9.17) is 5.73 Å². The molecule has 1 aliphatic rings. The maximum Gasteiger partial charge on any atom is 0.00922 e. The molecule has 1 aliphatic carbocycles. The zero-order chi connectivity index (χ0) is 11.6. The van der Waals surface area contributed by atoms with Gasteiger partial charge >= 0.3 is 0 Å². The van der Waals surface area contributed by atoms with Crippen molar-refractivity contribution in [1.29, 1.82) is 0 Å². The summed E-state index contributed by atoms with van der Waals surface area (Å²) in [7, 11) is 2.32. The molecule has 16 heavy (non-hydrogen) atoms. The van der Waals surface area contributed by atoms with E-state index in [1.807, 2.05) is 0 Å². The Labute approximate surface area is 102 Å². The molecule has 0 aromatic heterocycles. The van der Waals surface area contributed by atoms with E-state index in [1.165, 1.54) is 70.8 Å². The minimum atomic E-state index is 0.860. The lowest BCUT2D eigenvalue weighted by atomic mass is 10.1. The fraction of sp³-hybridized carbons (Fsp3) is 1.00. The van der Waals surface area contributed by atoms with Crippen molar-refractivity contribution in [1.82, 2.24) is 4.90 Å². The van der Waals surface area contributed by atoms with E-state index in [-0.39, 0.29) is 0 Å². The van der Waals surface area contributed by atoms with Gasteiger partial charge < -0.3 is 10.6 Å². The summed E-state index contributed by atoms with van der Waals surface area (Å²) in [4.78, 5) is 2.60. The number of rotatable bonds is 7. The second-order valence-corrected chi connectivity index (χ2v) is 5.33. The molecule has 0 bridgehead atoms. The van der Waals surface area contributed by atoms with Gasteiger partial charge in [-0.05, 0) is 45.8 Å². The van der Waals surface area contributed by atoms with Crippen molar-refractivity contribution in [3.63, 3.8) is 0 Å². The highest BCUT2D eigenvalue weighted by molar-refractivity contribution is 4.72. The lowest BCUT2D eigenvalue weighted by Gasteiger charge is -2.26. The Morgan fingerprint density at radius 3 is 2.19 bits per heavy atom. The number of nitrogens with zero attached hydrogens (tertiary/aromatic N) is 1. The molecule has 0 aromatic rings. The lowest BCUT2D eigenvalue weighted by Crippen LogP contribution is -2.32. The van der Waals surface area contributed by atoms with Gasteiger partial charge in [-0.25, -0.2) is 0 Å². The van der Waals surface area contributed by atoms with Crippen LogP contribution in [0.25, 0.3) is 0 Å². The average Bonchev–Trinajstić information content (AvgIpc) is 2.57. The van der Waals surface area contributed by atoms with Crippen molar-refractivity contribution in [2.45, 2.75) is 70.3 Å². The molecule has 2 nitrogen and oxygen atoms in total. The van der Waals surface area contributed by atoms with Gasteiger partial charge in [0.25, 0.3) is 0 Å². The highest BCUT2D eigenvalue weighted by Crippen LogP contribution is 2.21. The van der Waals surface area contributed by atoms with E-state index in [0.29, 0.717) is 0 Å². The molecule has 0 unspecified atom stereocenters. The predicted octanol–water partition coefficient (Wildman–Crippen LogP) is 3.16. The third kappa shape index (κ3) is 5.86. The number of hydrogen-bond acceptors (Lipinski definition) is 2. The third-order valence-corrected chi connectivity index (χ3v) is 3.91. The van der Waals surface area contributed by atoms with E-state index in [0.717, 1.165) is 12.6 Å². The summed E-state index contributed by atoms with van der Waals surface area (Å²) < 4.78 is 0. The molecule has 96 valence electrons. The monoisotopic (exact) mass is 226 g/mol. The van der Waals surface area contributed by atoms with Crippen molar-refractivity contribution in [2.24, 2.45) is 5.73 Å². The first-order chi connectivity index (χ1) is 7.84. The highest BCUT2D eigenvalue weighted by atomic mass is 15.1. The lowest BCUT2D eigenvalue weighted by molar-refractivity contribution is 0.216. The van der Waals surface area contributed by atoms with E-state index < -0.39 is 0 Å². The number of nitrogens with two attached hydrogens (primary N) is 1. The normalized spacial score (nSPS) is 18.9. The standard InChI is InChI=1S/C14H30N2/c1-16(13-9-5-4-8-12-15)14-10-6-2-3-7-11-14/h14H,2-13,15H2,1H3. The summed E-state index contributed by atoms with van der Waals surface area (Å²) in [6, 6.07) is 0.872. The van der Waals surface area contributed by atoms with Crippen LogP contribution in [-0.4, -0.2) is 31.1 Å². The molecule has 2 N–H and O–H groups in total. The van der Waals surface area contributed by atoms with Crippen LogP contribution in [0.5, 0.6) is 0 Å². The molecule has 1 fully saturated rings. The Morgan fingerprint density at radius 1 is 0.938 bits per heavy atom. The molecule has 0 spiro atoms. The summed E-state index contributed by atoms with van der Waals surface area (Å²) in [6.45, 7) is 2.15. The zero-order valence-corrected chi connectivity index (χ0v) is 11.1. The van der Waals surface area contributed by atoms with Crippen LogP contribution in [0, 0.1) is 0 Å². The van der Waals surface area contributed by atoms with Crippen LogP contribution >= 0.6 is 0 Å². The first-order valence-corrected chi connectivity index (χ1v) is 7.25. The van der Waals surface area contributed by atoms with Gasteiger partial charge in [-0.1, -0.05) is 38.5 Å². The van der Waals surface area contributed by atoms with Gasteiger partial charge in [-0.3, -0.25) is 0 Å². The first-order valence-electron chi connectivity index (χ1n) is 7.25. The molecule has 1 saturated carbocycles. The van der Waals surface area contributed by atoms with Gasteiger partial charge in [0, 0.05) is 6.04 Å². The van der Waals surface area contributed by atoms with Gasteiger partial charge in [0.15, 0.2) is 0 Å². The molecule has 0 aliphatic heterocycles. The molecule has 0 radical (unpaired) electrons. The Kier molecular flexibility index (Phi) is 7.87. The summed E-state index contributed by atoms with van der Waals surface area (Å²) in [6.07, 6.45) is 13.9. The Morgan fingerprint density at radius 2 is 1.56 bits per heavy atom. The van der Waals surface area contributed by atoms with Gasteiger partial charge in [0.1, 0.15) is 0 Å². The fourth-order valence-electron chi connectivity index (χ4n) is 2.74. The first kappa shape index (κ1) is 14.0.